The van der Waals surface area contributed by atoms with Crippen molar-refractivity contribution in [2.24, 2.45) is 0 Å². The lowest BCUT2D eigenvalue weighted by Gasteiger charge is -2.36. The monoisotopic (exact) mass is 410 g/mol. The third kappa shape index (κ3) is 3.80. The van der Waals surface area contributed by atoms with Gasteiger partial charge in [0.05, 0.1) is 35.9 Å². The smallest absolute Gasteiger partial charge is 0.257 e. The van der Waals surface area contributed by atoms with Gasteiger partial charge in [0, 0.05) is 31.2 Å². The molecule has 0 spiro atoms. The minimum absolute atomic E-state index is 0.0161. The molecule has 1 aliphatic heterocycles. The van der Waals surface area contributed by atoms with Gasteiger partial charge in [-0.05, 0) is 43.3 Å². The molecule has 1 amide bonds. The van der Waals surface area contributed by atoms with Crippen LogP contribution in [0.25, 0.3) is 5.69 Å². The molecule has 2 heterocycles. The molecule has 3 aromatic rings. The molecule has 0 aliphatic carbocycles. The zero-order valence-corrected chi connectivity index (χ0v) is 17.3. The maximum Gasteiger partial charge on any atom is 0.257 e. The number of ether oxygens (including phenoxy) is 1. The van der Waals surface area contributed by atoms with Crippen LogP contribution >= 0.6 is 11.6 Å². The number of hydrogen-bond acceptors (Lipinski definition) is 4. The first-order chi connectivity index (χ1) is 14.1. The minimum atomic E-state index is 0.0161. The molecule has 0 N–H and O–H groups in total. The van der Waals surface area contributed by atoms with Crippen molar-refractivity contribution < 1.29 is 9.53 Å². The number of para-hydroxylation sites is 2. The summed E-state index contributed by atoms with van der Waals surface area (Å²) >= 11 is 5.97. The number of piperazine rings is 1. The molecule has 7 heteroatoms. The first kappa shape index (κ1) is 19.3. The Balaban J connectivity index is 1.47. The van der Waals surface area contributed by atoms with Gasteiger partial charge in [0.15, 0.2) is 0 Å². The predicted molar refractivity (Wildman–Crippen MR) is 114 cm³/mol. The number of carbonyl (C=O) groups excluding carboxylic acids is 1. The van der Waals surface area contributed by atoms with Crippen LogP contribution in [0.15, 0.2) is 54.7 Å². The molecular formula is C22H23ClN4O2. The fourth-order valence-corrected chi connectivity index (χ4v) is 3.80. The minimum Gasteiger partial charge on any atom is -0.495 e. The Morgan fingerprint density at radius 2 is 1.72 bits per heavy atom. The van der Waals surface area contributed by atoms with Crippen molar-refractivity contribution in [1.29, 1.82) is 0 Å². The number of halogens is 1. The van der Waals surface area contributed by atoms with E-state index in [4.69, 9.17) is 16.3 Å². The van der Waals surface area contributed by atoms with Gasteiger partial charge in [0.2, 0.25) is 0 Å². The van der Waals surface area contributed by atoms with E-state index in [0.29, 0.717) is 23.7 Å². The molecule has 150 valence electrons. The lowest BCUT2D eigenvalue weighted by atomic mass is 10.2. The number of anilines is 1. The summed E-state index contributed by atoms with van der Waals surface area (Å²) in [5, 5.41) is 5.09. The largest absolute Gasteiger partial charge is 0.495 e. The van der Waals surface area contributed by atoms with Crippen LogP contribution in [0, 0.1) is 6.92 Å². The Hall–Kier alpha value is -2.99. The molecule has 0 radical (unpaired) electrons. The predicted octanol–water partition coefficient (Wildman–Crippen LogP) is 3.81. The van der Waals surface area contributed by atoms with Crippen LogP contribution in [0.5, 0.6) is 5.75 Å². The van der Waals surface area contributed by atoms with E-state index >= 15 is 0 Å². The second kappa shape index (κ2) is 8.17. The van der Waals surface area contributed by atoms with Crippen molar-refractivity contribution in [3.63, 3.8) is 0 Å². The standard InChI is InChI=1S/C22H23ClN4O2/c1-16-19(15-24-27(16)18-9-7-17(23)8-10-18)22(28)26-13-11-25(12-14-26)20-5-3-4-6-21(20)29-2/h3-10,15H,11-14H2,1-2H3. The maximum atomic E-state index is 13.1. The summed E-state index contributed by atoms with van der Waals surface area (Å²) in [5.74, 6) is 0.870. The summed E-state index contributed by atoms with van der Waals surface area (Å²) in [7, 11) is 1.68. The third-order valence-electron chi connectivity index (χ3n) is 5.30. The maximum absolute atomic E-state index is 13.1. The second-order valence-corrected chi connectivity index (χ2v) is 7.42. The molecule has 0 unspecified atom stereocenters. The SMILES string of the molecule is COc1ccccc1N1CCN(C(=O)c2cnn(-c3ccc(Cl)cc3)c2C)CC1. The van der Waals surface area contributed by atoms with Crippen molar-refractivity contribution >= 4 is 23.2 Å². The lowest BCUT2D eigenvalue weighted by molar-refractivity contribution is 0.0746. The molecular weight excluding hydrogens is 388 g/mol. The molecule has 0 saturated carbocycles. The summed E-state index contributed by atoms with van der Waals surface area (Å²) in [6.07, 6.45) is 1.65. The summed E-state index contributed by atoms with van der Waals surface area (Å²) in [4.78, 5) is 17.2. The Labute approximate surface area is 175 Å². The summed E-state index contributed by atoms with van der Waals surface area (Å²) in [5.41, 5.74) is 3.40. The normalized spacial score (nSPS) is 14.2. The van der Waals surface area contributed by atoms with Crippen molar-refractivity contribution in [3.05, 3.63) is 71.0 Å². The molecule has 29 heavy (non-hydrogen) atoms. The van der Waals surface area contributed by atoms with Gasteiger partial charge < -0.3 is 14.5 Å². The molecule has 1 aliphatic rings. The van der Waals surface area contributed by atoms with E-state index < -0.39 is 0 Å². The molecule has 1 saturated heterocycles. The second-order valence-electron chi connectivity index (χ2n) is 6.98. The Kier molecular flexibility index (Phi) is 5.45. The number of benzene rings is 2. The highest BCUT2D eigenvalue weighted by Crippen LogP contribution is 2.28. The number of aromatic nitrogens is 2. The van der Waals surface area contributed by atoms with Gasteiger partial charge in [-0.25, -0.2) is 4.68 Å². The van der Waals surface area contributed by atoms with Crippen LogP contribution in [-0.2, 0) is 0 Å². The molecule has 0 atom stereocenters. The lowest BCUT2D eigenvalue weighted by Crippen LogP contribution is -2.49. The zero-order valence-electron chi connectivity index (χ0n) is 16.5. The molecule has 1 fully saturated rings. The van der Waals surface area contributed by atoms with E-state index in [-0.39, 0.29) is 5.91 Å². The Morgan fingerprint density at radius 1 is 1.03 bits per heavy atom. The average molecular weight is 411 g/mol. The van der Waals surface area contributed by atoms with E-state index in [1.165, 1.54) is 0 Å². The van der Waals surface area contributed by atoms with Crippen molar-refractivity contribution in [2.45, 2.75) is 6.92 Å². The van der Waals surface area contributed by atoms with Crippen molar-refractivity contribution in [3.8, 4) is 11.4 Å². The Bertz CT molecular complexity index is 1010. The summed E-state index contributed by atoms with van der Waals surface area (Å²) in [6, 6.07) is 15.4. The van der Waals surface area contributed by atoms with Gasteiger partial charge in [-0.1, -0.05) is 23.7 Å². The van der Waals surface area contributed by atoms with Gasteiger partial charge in [-0.15, -0.1) is 0 Å². The van der Waals surface area contributed by atoms with Crippen LogP contribution in [0.3, 0.4) is 0 Å². The fraction of sp³-hybridized carbons (Fsp3) is 0.273. The van der Waals surface area contributed by atoms with E-state index in [0.717, 1.165) is 35.9 Å². The molecule has 6 nitrogen and oxygen atoms in total. The van der Waals surface area contributed by atoms with Crippen LogP contribution in [-0.4, -0.2) is 53.9 Å². The highest BCUT2D eigenvalue weighted by Gasteiger charge is 2.26. The number of amides is 1. The fourth-order valence-electron chi connectivity index (χ4n) is 3.67. The molecule has 2 aromatic carbocycles. The van der Waals surface area contributed by atoms with E-state index in [1.807, 2.05) is 54.3 Å². The van der Waals surface area contributed by atoms with Crippen LogP contribution < -0.4 is 9.64 Å². The highest BCUT2D eigenvalue weighted by atomic mass is 35.5. The molecule has 4 rings (SSSR count). The van der Waals surface area contributed by atoms with E-state index in [2.05, 4.69) is 16.1 Å². The number of hydrogen-bond donors (Lipinski definition) is 0. The molecule has 0 bridgehead atoms. The number of methoxy groups -OCH3 is 1. The zero-order chi connectivity index (χ0) is 20.4. The highest BCUT2D eigenvalue weighted by molar-refractivity contribution is 6.30. The molecule has 1 aromatic heterocycles. The van der Waals surface area contributed by atoms with E-state index in [9.17, 15) is 4.79 Å². The first-order valence-electron chi connectivity index (χ1n) is 9.56. The first-order valence-corrected chi connectivity index (χ1v) is 9.94. The third-order valence-corrected chi connectivity index (χ3v) is 5.56. The average Bonchev–Trinajstić information content (AvgIpc) is 3.15. The quantitative estimate of drug-likeness (QED) is 0.656. The number of carbonyl (C=O) groups is 1. The van der Waals surface area contributed by atoms with Gasteiger partial charge in [0.25, 0.3) is 5.91 Å². The van der Waals surface area contributed by atoms with Crippen molar-refractivity contribution in [2.75, 3.05) is 38.2 Å². The van der Waals surface area contributed by atoms with Crippen LogP contribution in [0.1, 0.15) is 16.1 Å². The topological polar surface area (TPSA) is 50.6 Å². The van der Waals surface area contributed by atoms with Gasteiger partial charge in [0.1, 0.15) is 5.75 Å². The van der Waals surface area contributed by atoms with Gasteiger partial charge >= 0.3 is 0 Å². The number of nitrogens with zero attached hydrogens (tertiary/aromatic N) is 4. The summed E-state index contributed by atoms with van der Waals surface area (Å²) < 4.78 is 7.24. The van der Waals surface area contributed by atoms with Gasteiger partial charge in [-0.2, -0.15) is 5.10 Å². The summed E-state index contributed by atoms with van der Waals surface area (Å²) in [6.45, 7) is 4.75. The van der Waals surface area contributed by atoms with Gasteiger partial charge in [-0.3, -0.25) is 4.79 Å². The number of rotatable bonds is 4. The van der Waals surface area contributed by atoms with Crippen molar-refractivity contribution in [1.82, 2.24) is 14.7 Å². The Morgan fingerprint density at radius 3 is 2.41 bits per heavy atom. The van der Waals surface area contributed by atoms with Crippen LogP contribution in [0.2, 0.25) is 5.02 Å². The van der Waals surface area contributed by atoms with Crippen LogP contribution in [0.4, 0.5) is 5.69 Å². The van der Waals surface area contributed by atoms with E-state index in [1.54, 1.807) is 18.0 Å².